The summed E-state index contributed by atoms with van der Waals surface area (Å²) in [6, 6.07) is 14.5. The minimum Gasteiger partial charge on any atom is -0.329 e. The van der Waals surface area contributed by atoms with Crippen LogP contribution in [0.2, 0.25) is 5.02 Å². The molecule has 0 radical (unpaired) electrons. The summed E-state index contributed by atoms with van der Waals surface area (Å²) in [6.45, 7) is 1.38. The number of nitrogens with two attached hydrogens (primary N) is 1. The van der Waals surface area contributed by atoms with E-state index in [4.69, 9.17) is 17.3 Å². The number of halogens is 3. The number of nitrogens with zero attached hydrogens (tertiary/aromatic N) is 1. The van der Waals surface area contributed by atoms with Gasteiger partial charge in [0.05, 0.1) is 5.02 Å². The van der Waals surface area contributed by atoms with Crippen molar-refractivity contribution < 1.29 is 0 Å². The molecule has 2 rings (SSSR count). The van der Waals surface area contributed by atoms with Gasteiger partial charge in [0.15, 0.2) is 0 Å². The summed E-state index contributed by atoms with van der Waals surface area (Å²) in [6.07, 6.45) is 0. The lowest BCUT2D eigenvalue weighted by atomic mass is 10.0. The van der Waals surface area contributed by atoms with Gasteiger partial charge >= 0.3 is 0 Å². The molecule has 0 aromatic heterocycles. The second kappa shape index (κ2) is 7.75. The fourth-order valence-corrected chi connectivity index (χ4v) is 2.98. The highest BCUT2D eigenvalue weighted by atomic mass is 79.9. The molecule has 0 fully saturated rings. The second-order valence-electron chi connectivity index (χ2n) is 4.97. The lowest BCUT2D eigenvalue weighted by Crippen LogP contribution is -2.30. The molecule has 0 bridgehead atoms. The van der Waals surface area contributed by atoms with Crippen molar-refractivity contribution in [1.82, 2.24) is 4.90 Å². The Bertz CT molecular complexity index is 602. The fraction of sp³-hybridized carbons (Fsp3) is 0.250. The summed E-state index contributed by atoms with van der Waals surface area (Å²) >= 11 is 13.1. The van der Waals surface area contributed by atoms with E-state index in [-0.39, 0.29) is 6.04 Å². The molecule has 0 aliphatic carbocycles. The maximum atomic E-state index is 6.19. The molecule has 2 nitrogen and oxygen atoms in total. The van der Waals surface area contributed by atoms with Gasteiger partial charge in [-0.05, 0) is 58.4 Å². The average molecular weight is 433 g/mol. The van der Waals surface area contributed by atoms with Crippen molar-refractivity contribution in [2.75, 3.05) is 13.6 Å². The zero-order valence-electron chi connectivity index (χ0n) is 11.7. The van der Waals surface area contributed by atoms with Gasteiger partial charge < -0.3 is 5.73 Å². The topological polar surface area (TPSA) is 29.3 Å². The third-order valence-electron chi connectivity index (χ3n) is 3.43. The summed E-state index contributed by atoms with van der Waals surface area (Å²) in [5.74, 6) is 0. The summed E-state index contributed by atoms with van der Waals surface area (Å²) in [4.78, 5) is 2.24. The maximum absolute atomic E-state index is 6.19. The molecule has 0 spiro atoms. The van der Waals surface area contributed by atoms with E-state index in [0.29, 0.717) is 11.6 Å². The van der Waals surface area contributed by atoms with Crippen LogP contribution >= 0.6 is 43.5 Å². The van der Waals surface area contributed by atoms with Crippen LogP contribution in [0.25, 0.3) is 0 Å². The molecule has 1 unspecified atom stereocenters. The van der Waals surface area contributed by atoms with Crippen LogP contribution in [0.5, 0.6) is 0 Å². The van der Waals surface area contributed by atoms with Crippen LogP contribution in [0.15, 0.2) is 51.4 Å². The van der Waals surface area contributed by atoms with Crippen LogP contribution < -0.4 is 5.73 Å². The molecule has 0 saturated carbocycles. The third-order valence-corrected chi connectivity index (χ3v) is 5.19. The molecule has 0 heterocycles. The normalized spacial score (nSPS) is 12.7. The SMILES string of the molecule is CN(Cc1ccc(Br)cc1)C(CN)c1ccc(Br)c(Cl)c1. The lowest BCUT2D eigenvalue weighted by Gasteiger charge is -2.27. The highest BCUT2D eigenvalue weighted by Gasteiger charge is 2.16. The molecule has 0 aliphatic heterocycles. The van der Waals surface area contributed by atoms with Crippen LogP contribution in [0.4, 0.5) is 0 Å². The highest BCUT2D eigenvalue weighted by molar-refractivity contribution is 9.10. The first-order chi connectivity index (χ1) is 10.0. The second-order valence-corrected chi connectivity index (χ2v) is 7.14. The Labute approximate surface area is 147 Å². The number of hydrogen-bond donors (Lipinski definition) is 1. The summed E-state index contributed by atoms with van der Waals surface area (Å²) in [5, 5.41) is 0.711. The Morgan fingerprint density at radius 2 is 1.81 bits per heavy atom. The first kappa shape index (κ1) is 17.0. The number of hydrogen-bond acceptors (Lipinski definition) is 2. The van der Waals surface area contributed by atoms with Crippen molar-refractivity contribution in [3.63, 3.8) is 0 Å². The first-order valence-corrected chi connectivity index (χ1v) is 8.57. The Morgan fingerprint density at radius 3 is 2.38 bits per heavy atom. The van der Waals surface area contributed by atoms with Gasteiger partial charge in [-0.1, -0.05) is 45.7 Å². The Hall–Kier alpha value is -0.390. The molecule has 21 heavy (non-hydrogen) atoms. The predicted octanol–water partition coefficient (Wildman–Crippen LogP) is 5.00. The van der Waals surface area contributed by atoms with E-state index < -0.39 is 0 Å². The maximum Gasteiger partial charge on any atom is 0.0551 e. The van der Waals surface area contributed by atoms with Crippen molar-refractivity contribution in [2.45, 2.75) is 12.6 Å². The molecule has 2 N–H and O–H groups in total. The van der Waals surface area contributed by atoms with Crippen LogP contribution in [-0.2, 0) is 6.54 Å². The van der Waals surface area contributed by atoms with Crippen molar-refractivity contribution in [3.8, 4) is 0 Å². The zero-order valence-corrected chi connectivity index (χ0v) is 15.6. The van der Waals surface area contributed by atoms with Gasteiger partial charge in [0, 0.05) is 28.1 Å². The van der Waals surface area contributed by atoms with Gasteiger partial charge in [0.2, 0.25) is 0 Å². The van der Waals surface area contributed by atoms with Gasteiger partial charge in [-0.25, -0.2) is 0 Å². The van der Waals surface area contributed by atoms with Crippen LogP contribution in [0.3, 0.4) is 0 Å². The van der Waals surface area contributed by atoms with Crippen molar-refractivity contribution in [2.24, 2.45) is 5.73 Å². The fourth-order valence-electron chi connectivity index (χ4n) is 2.28. The molecule has 0 aliphatic rings. The van der Waals surface area contributed by atoms with E-state index in [9.17, 15) is 0 Å². The molecule has 112 valence electrons. The zero-order chi connectivity index (χ0) is 15.4. The minimum absolute atomic E-state index is 0.138. The van der Waals surface area contributed by atoms with E-state index >= 15 is 0 Å². The molecule has 5 heteroatoms. The number of likely N-dealkylation sites (N-methyl/N-ethyl adjacent to an activating group) is 1. The molecule has 0 saturated heterocycles. The Morgan fingerprint density at radius 1 is 1.14 bits per heavy atom. The summed E-state index contributed by atoms with van der Waals surface area (Å²) in [5.41, 5.74) is 8.35. The summed E-state index contributed by atoms with van der Waals surface area (Å²) < 4.78 is 1.99. The lowest BCUT2D eigenvalue weighted by molar-refractivity contribution is 0.242. The first-order valence-electron chi connectivity index (χ1n) is 6.61. The van der Waals surface area contributed by atoms with Crippen LogP contribution in [0.1, 0.15) is 17.2 Å². The van der Waals surface area contributed by atoms with E-state index in [1.165, 1.54) is 5.56 Å². The average Bonchev–Trinajstić information content (AvgIpc) is 2.46. The number of rotatable bonds is 5. The minimum atomic E-state index is 0.138. The largest absolute Gasteiger partial charge is 0.329 e. The molecular weight excluding hydrogens is 415 g/mol. The van der Waals surface area contributed by atoms with E-state index in [2.05, 4.69) is 74.1 Å². The standard InChI is InChI=1S/C16H17Br2ClN2/c1-21(10-11-2-5-13(17)6-3-11)16(9-20)12-4-7-14(18)15(19)8-12/h2-8,16H,9-10,20H2,1H3. The third kappa shape index (κ3) is 4.54. The van der Waals surface area contributed by atoms with E-state index in [1.807, 2.05) is 12.1 Å². The van der Waals surface area contributed by atoms with Crippen LogP contribution in [0, 0.1) is 0 Å². The highest BCUT2D eigenvalue weighted by Crippen LogP contribution is 2.28. The van der Waals surface area contributed by atoms with Gasteiger partial charge in [-0.15, -0.1) is 0 Å². The van der Waals surface area contributed by atoms with E-state index in [0.717, 1.165) is 21.1 Å². The molecule has 1 atom stereocenters. The Balaban J connectivity index is 2.15. The number of benzene rings is 2. The van der Waals surface area contributed by atoms with Gasteiger partial charge in [-0.3, -0.25) is 4.90 Å². The van der Waals surface area contributed by atoms with Crippen molar-refractivity contribution >= 4 is 43.5 Å². The van der Waals surface area contributed by atoms with Crippen molar-refractivity contribution in [3.05, 3.63) is 67.6 Å². The van der Waals surface area contributed by atoms with Gasteiger partial charge in [0.25, 0.3) is 0 Å². The van der Waals surface area contributed by atoms with Crippen molar-refractivity contribution in [1.29, 1.82) is 0 Å². The quantitative estimate of drug-likeness (QED) is 0.721. The van der Waals surface area contributed by atoms with E-state index in [1.54, 1.807) is 0 Å². The molecule has 0 amide bonds. The Kier molecular flexibility index (Phi) is 6.26. The van der Waals surface area contributed by atoms with Gasteiger partial charge in [0.1, 0.15) is 0 Å². The van der Waals surface area contributed by atoms with Crippen LogP contribution in [-0.4, -0.2) is 18.5 Å². The smallest absolute Gasteiger partial charge is 0.0551 e. The van der Waals surface area contributed by atoms with Gasteiger partial charge in [-0.2, -0.15) is 0 Å². The monoisotopic (exact) mass is 430 g/mol. The predicted molar refractivity (Wildman–Crippen MR) is 96.6 cm³/mol. The molecule has 2 aromatic rings. The summed E-state index contributed by atoms with van der Waals surface area (Å²) in [7, 11) is 2.08. The molecule has 2 aromatic carbocycles. The molecular formula is C16H17Br2ClN2.